The zero-order chi connectivity index (χ0) is 12.4. The summed E-state index contributed by atoms with van der Waals surface area (Å²) in [5.74, 6) is 2.20. The molecule has 0 aromatic carbocycles. The summed E-state index contributed by atoms with van der Waals surface area (Å²) in [5.41, 5.74) is 0.763. The molecule has 2 heterocycles. The van der Waals surface area contributed by atoms with Gasteiger partial charge in [-0.1, -0.05) is 5.16 Å². The van der Waals surface area contributed by atoms with E-state index in [-0.39, 0.29) is 12.4 Å². The lowest BCUT2D eigenvalue weighted by molar-refractivity contribution is 0.402. The number of hydrogen-bond donors (Lipinski definition) is 1. The van der Waals surface area contributed by atoms with Crippen molar-refractivity contribution in [3.8, 4) is 11.7 Å². The van der Waals surface area contributed by atoms with Crippen LogP contribution in [0, 0.1) is 13.8 Å². The van der Waals surface area contributed by atoms with Gasteiger partial charge in [-0.25, -0.2) is 4.98 Å². The van der Waals surface area contributed by atoms with Crippen molar-refractivity contribution in [1.29, 1.82) is 0 Å². The number of aromatic nitrogens is 3. The number of nitrogens with one attached hydrogen (secondary N) is 1. The number of aryl methyl sites for hydroxylation is 2. The summed E-state index contributed by atoms with van der Waals surface area (Å²) in [6, 6.07) is 0.304. The highest BCUT2D eigenvalue weighted by atomic mass is 35.5. The minimum absolute atomic E-state index is 0. The zero-order valence-electron chi connectivity index (χ0n) is 10.9. The molecule has 0 saturated carbocycles. The predicted molar refractivity (Wildman–Crippen MR) is 68.7 cm³/mol. The van der Waals surface area contributed by atoms with E-state index in [2.05, 4.69) is 27.4 Å². The van der Waals surface area contributed by atoms with Crippen LogP contribution in [0.15, 0.2) is 8.94 Å². The number of likely N-dealkylation sites (N-methyl/N-ethyl adjacent to an activating group) is 1. The Hall–Kier alpha value is -1.40. The Morgan fingerprint density at radius 2 is 2.00 bits per heavy atom. The van der Waals surface area contributed by atoms with Gasteiger partial charge in [-0.05, 0) is 20.9 Å². The van der Waals surface area contributed by atoms with Gasteiger partial charge in [-0.2, -0.15) is 4.98 Å². The third kappa shape index (κ3) is 3.08. The molecule has 0 radical (unpaired) electrons. The molecule has 0 fully saturated rings. The highest BCUT2D eigenvalue weighted by Crippen LogP contribution is 2.22. The lowest BCUT2D eigenvalue weighted by atomic mass is 10.2. The fourth-order valence-corrected chi connectivity index (χ4v) is 1.53. The summed E-state index contributed by atoms with van der Waals surface area (Å²) >= 11 is 0. The van der Waals surface area contributed by atoms with Crippen molar-refractivity contribution < 1.29 is 8.94 Å². The van der Waals surface area contributed by atoms with Crippen molar-refractivity contribution in [2.75, 3.05) is 7.05 Å². The van der Waals surface area contributed by atoms with Gasteiger partial charge in [0.15, 0.2) is 11.7 Å². The van der Waals surface area contributed by atoms with Crippen LogP contribution in [0.2, 0.25) is 0 Å². The molecule has 1 N–H and O–H groups in total. The SMILES string of the molecule is CNC(C)Cc1noc(-c2oc(C)nc2C)n1.Cl. The van der Waals surface area contributed by atoms with E-state index < -0.39 is 0 Å². The van der Waals surface area contributed by atoms with Crippen molar-refractivity contribution in [3.05, 3.63) is 17.4 Å². The first-order valence-electron chi connectivity index (χ1n) is 5.54. The maximum atomic E-state index is 5.42. The molecular formula is C11H17ClN4O2. The van der Waals surface area contributed by atoms with Crippen molar-refractivity contribution >= 4 is 12.4 Å². The fraction of sp³-hybridized carbons (Fsp3) is 0.545. The second-order valence-electron chi connectivity index (χ2n) is 4.06. The molecule has 2 aromatic heterocycles. The summed E-state index contributed by atoms with van der Waals surface area (Å²) in [6.45, 7) is 5.70. The first-order chi connectivity index (χ1) is 8.10. The first-order valence-corrected chi connectivity index (χ1v) is 5.54. The van der Waals surface area contributed by atoms with Gasteiger partial charge in [0.2, 0.25) is 5.76 Å². The molecule has 18 heavy (non-hydrogen) atoms. The topological polar surface area (TPSA) is 77.0 Å². The average molecular weight is 273 g/mol. The molecule has 2 rings (SSSR count). The van der Waals surface area contributed by atoms with E-state index >= 15 is 0 Å². The average Bonchev–Trinajstić information content (AvgIpc) is 2.85. The van der Waals surface area contributed by atoms with Gasteiger partial charge in [0.05, 0.1) is 5.69 Å². The summed E-state index contributed by atoms with van der Waals surface area (Å²) in [4.78, 5) is 8.46. The molecule has 2 aromatic rings. The smallest absolute Gasteiger partial charge is 0.295 e. The van der Waals surface area contributed by atoms with Crippen molar-refractivity contribution in [3.63, 3.8) is 0 Å². The Morgan fingerprint density at radius 3 is 2.56 bits per heavy atom. The van der Waals surface area contributed by atoms with Gasteiger partial charge in [0.25, 0.3) is 5.89 Å². The van der Waals surface area contributed by atoms with E-state index in [0.29, 0.717) is 35.8 Å². The van der Waals surface area contributed by atoms with Crippen LogP contribution in [0.1, 0.15) is 24.3 Å². The van der Waals surface area contributed by atoms with Crippen LogP contribution in [-0.2, 0) is 6.42 Å². The Labute approximate surface area is 112 Å². The van der Waals surface area contributed by atoms with Crippen LogP contribution in [-0.4, -0.2) is 28.2 Å². The summed E-state index contributed by atoms with van der Waals surface area (Å²) < 4.78 is 10.6. The van der Waals surface area contributed by atoms with Gasteiger partial charge >= 0.3 is 0 Å². The molecule has 1 unspecified atom stereocenters. The summed E-state index contributed by atoms with van der Waals surface area (Å²) in [5, 5.41) is 7.04. The third-order valence-electron chi connectivity index (χ3n) is 2.55. The summed E-state index contributed by atoms with van der Waals surface area (Å²) in [7, 11) is 1.90. The van der Waals surface area contributed by atoms with E-state index in [0.717, 1.165) is 5.69 Å². The molecular weight excluding hydrogens is 256 g/mol. The van der Waals surface area contributed by atoms with Crippen molar-refractivity contribution in [2.24, 2.45) is 0 Å². The first kappa shape index (κ1) is 14.7. The van der Waals surface area contributed by atoms with Crippen molar-refractivity contribution in [2.45, 2.75) is 33.2 Å². The molecule has 100 valence electrons. The van der Waals surface area contributed by atoms with Crippen LogP contribution in [0.4, 0.5) is 0 Å². The quantitative estimate of drug-likeness (QED) is 0.916. The van der Waals surface area contributed by atoms with Gasteiger partial charge in [0.1, 0.15) is 0 Å². The van der Waals surface area contributed by atoms with Crippen LogP contribution in [0.5, 0.6) is 0 Å². The lowest BCUT2D eigenvalue weighted by Crippen LogP contribution is -2.24. The molecule has 0 aliphatic carbocycles. The van der Waals surface area contributed by atoms with E-state index in [1.165, 1.54) is 0 Å². The Balaban J connectivity index is 0.00000162. The monoisotopic (exact) mass is 272 g/mol. The predicted octanol–water partition coefficient (Wildman–Crippen LogP) is 1.91. The number of rotatable bonds is 4. The van der Waals surface area contributed by atoms with Crippen LogP contribution in [0.25, 0.3) is 11.7 Å². The zero-order valence-corrected chi connectivity index (χ0v) is 11.7. The minimum Gasteiger partial charge on any atom is -0.436 e. The number of halogens is 1. The van der Waals surface area contributed by atoms with Gasteiger partial charge in [-0.3, -0.25) is 0 Å². The second kappa shape index (κ2) is 5.97. The van der Waals surface area contributed by atoms with Gasteiger partial charge in [-0.15, -0.1) is 12.4 Å². The van der Waals surface area contributed by atoms with Crippen LogP contribution in [0.3, 0.4) is 0 Å². The molecule has 0 aliphatic rings. The molecule has 0 bridgehead atoms. The van der Waals surface area contributed by atoms with E-state index in [4.69, 9.17) is 8.94 Å². The second-order valence-corrected chi connectivity index (χ2v) is 4.06. The van der Waals surface area contributed by atoms with Gasteiger partial charge in [0, 0.05) is 19.4 Å². The lowest BCUT2D eigenvalue weighted by Gasteiger charge is -2.04. The van der Waals surface area contributed by atoms with Gasteiger partial charge < -0.3 is 14.3 Å². The third-order valence-corrected chi connectivity index (χ3v) is 2.55. The van der Waals surface area contributed by atoms with Crippen LogP contribution >= 0.6 is 12.4 Å². The highest BCUT2D eigenvalue weighted by Gasteiger charge is 2.17. The molecule has 1 atom stereocenters. The summed E-state index contributed by atoms with van der Waals surface area (Å²) in [6.07, 6.45) is 0.714. The minimum atomic E-state index is 0. The molecule has 6 nitrogen and oxygen atoms in total. The van der Waals surface area contributed by atoms with E-state index in [1.54, 1.807) is 6.92 Å². The maximum absolute atomic E-state index is 5.42. The van der Waals surface area contributed by atoms with Crippen LogP contribution < -0.4 is 5.32 Å². The highest BCUT2D eigenvalue weighted by molar-refractivity contribution is 5.85. The normalized spacial score (nSPS) is 12.2. The standard InChI is InChI=1S/C11H16N4O2.ClH/c1-6(12-4)5-9-14-11(17-15-9)10-7(2)13-8(3)16-10;/h6,12H,5H2,1-4H3;1H. The molecule has 0 spiro atoms. The van der Waals surface area contributed by atoms with E-state index in [9.17, 15) is 0 Å². The number of hydrogen-bond acceptors (Lipinski definition) is 6. The Bertz CT molecular complexity index is 509. The fourth-order valence-electron chi connectivity index (χ4n) is 1.53. The molecule has 0 amide bonds. The number of nitrogens with zero attached hydrogens (tertiary/aromatic N) is 3. The molecule has 0 aliphatic heterocycles. The largest absolute Gasteiger partial charge is 0.436 e. The molecule has 7 heteroatoms. The van der Waals surface area contributed by atoms with Crippen molar-refractivity contribution in [1.82, 2.24) is 20.4 Å². The van der Waals surface area contributed by atoms with E-state index in [1.807, 2.05) is 14.0 Å². The number of oxazole rings is 1. The Kier molecular flexibility index (Phi) is 4.86. The maximum Gasteiger partial charge on any atom is 0.295 e. The Morgan fingerprint density at radius 1 is 1.28 bits per heavy atom. The molecule has 0 saturated heterocycles.